The van der Waals surface area contributed by atoms with Crippen LogP contribution in [0.15, 0.2) is 0 Å². The van der Waals surface area contributed by atoms with Crippen molar-refractivity contribution in [1.82, 2.24) is 0 Å². The highest BCUT2D eigenvalue weighted by atomic mass is 16.5. The SMILES string of the molecule is CC(C)CO[C@H]1C(=O)C[C@H]2[C@@H]3CC[C@H]4CC(=O)CC[C@]4(C)[C@H]3CC[C@]12C. The number of ketones is 2. The molecule has 0 amide bonds. The number of fused-ring (bicyclic) bond motifs is 5. The Hall–Kier alpha value is -0.700. The molecule has 4 saturated carbocycles. The van der Waals surface area contributed by atoms with Gasteiger partial charge in [-0.25, -0.2) is 0 Å². The molecule has 4 fully saturated rings. The molecule has 0 aromatic heterocycles. The molecule has 3 nitrogen and oxygen atoms in total. The fraction of sp³-hybridized carbons (Fsp3) is 0.913. The average Bonchev–Trinajstić information content (AvgIpc) is 2.83. The number of ether oxygens (including phenoxy) is 1. The molecule has 0 unspecified atom stereocenters. The summed E-state index contributed by atoms with van der Waals surface area (Å²) in [7, 11) is 0. The van der Waals surface area contributed by atoms with Crippen molar-refractivity contribution in [2.24, 2.45) is 40.4 Å². The molecule has 4 aliphatic carbocycles. The Morgan fingerprint density at radius 3 is 2.50 bits per heavy atom. The number of hydrogen-bond acceptors (Lipinski definition) is 3. The molecular formula is C23H36O3. The van der Waals surface area contributed by atoms with Crippen molar-refractivity contribution in [2.75, 3.05) is 6.61 Å². The summed E-state index contributed by atoms with van der Waals surface area (Å²) >= 11 is 0. The molecule has 4 aliphatic rings. The lowest BCUT2D eigenvalue weighted by atomic mass is 9.45. The number of rotatable bonds is 3. The van der Waals surface area contributed by atoms with Crippen LogP contribution in [-0.4, -0.2) is 24.3 Å². The van der Waals surface area contributed by atoms with E-state index in [0.29, 0.717) is 53.2 Å². The average molecular weight is 361 g/mol. The molecule has 146 valence electrons. The molecule has 0 N–H and O–H groups in total. The van der Waals surface area contributed by atoms with Crippen LogP contribution in [0.5, 0.6) is 0 Å². The third-order valence-electron chi connectivity index (χ3n) is 8.83. The summed E-state index contributed by atoms with van der Waals surface area (Å²) in [6.45, 7) is 9.80. The van der Waals surface area contributed by atoms with Crippen molar-refractivity contribution in [3.63, 3.8) is 0 Å². The van der Waals surface area contributed by atoms with Crippen molar-refractivity contribution in [1.29, 1.82) is 0 Å². The zero-order chi connectivity index (χ0) is 18.7. The number of carbonyl (C=O) groups is 2. The molecule has 0 heterocycles. The number of Topliss-reactive ketones (excluding diaryl/α,β-unsaturated/α-hetero) is 2. The maximum absolute atomic E-state index is 12.9. The second-order valence-electron chi connectivity index (χ2n) is 10.7. The first-order chi connectivity index (χ1) is 12.3. The minimum atomic E-state index is -0.186. The van der Waals surface area contributed by atoms with Crippen molar-refractivity contribution in [2.45, 2.75) is 85.2 Å². The lowest BCUT2D eigenvalue weighted by Crippen LogP contribution is -2.54. The van der Waals surface area contributed by atoms with Crippen molar-refractivity contribution in [3.05, 3.63) is 0 Å². The Morgan fingerprint density at radius 1 is 1.00 bits per heavy atom. The maximum Gasteiger partial charge on any atom is 0.162 e. The quantitative estimate of drug-likeness (QED) is 0.725. The molecule has 0 aromatic rings. The molecule has 26 heavy (non-hydrogen) atoms. The van der Waals surface area contributed by atoms with E-state index in [0.717, 1.165) is 32.1 Å². The van der Waals surface area contributed by atoms with Crippen LogP contribution in [0.4, 0.5) is 0 Å². The minimum absolute atomic E-state index is 0.0286. The summed E-state index contributed by atoms with van der Waals surface area (Å²) in [6, 6.07) is 0. The Labute approximate surface area is 158 Å². The third-order valence-corrected chi connectivity index (χ3v) is 8.83. The van der Waals surface area contributed by atoms with Gasteiger partial charge >= 0.3 is 0 Å². The third kappa shape index (κ3) is 2.72. The van der Waals surface area contributed by atoms with Crippen LogP contribution in [0.1, 0.15) is 79.1 Å². The van der Waals surface area contributed by atoms with Gasteiger partial charge in [-0.15, -0.1) is 0 Å². The molecule has 7 atom stereocenters. The Morgan fingerprint density at radius 2 is 1.77 bits per heavy atom. The number of hydrogen-bond donors (Lipinski definition) is 0. The van der Waals surface area contributed by atoms with Crippen LogP contribution in [0.3, 0.4) is 0 Å². The van der Waals surface area contributed by atoms with Crippen LogP contribution in [-0.2, 0) is 14.3 Å². The van der Waals surface area contributed by atoms with Gasteiger partial charge in [0.1, 0.15) is 11.9 Å². The van der Waals surface area contributed by atoms with Gasteiger partial charge in [-0.2, -0.15) is 0 Å². The molecule has 0 saturated heterocycles. The topological polar surface area (TPSA) is 43.4 Å². The molecule has 0 bridgehead atoms. The highest BCUT2D eigenvalue weighted by Gasteiger charge is 2.62. The fourth-order valence-corrected chi connectivity index (χ4v) is 7.37. The van der Waals surface area contributed by atoms with E-state index in [9.17, 15) is 9.59 Å². The van der Waals surface area contributed by atoms with Gasteiger partial charge in [-0.05, 0) is 67.1 Å². The Kier molecular flexibility index (Phi) is 4.61. The standard InChI is InChI=1S/C23H36O3/c1-14(2)13-26-21-20(25)12-19-17-6-5-15-11-16(24)7-9-22(15,3)18(17)8-10-23(19,21)4/h14-15,17-19,21H,5-13H2,1-4H3/t15-,17+,18-,19-,21-,22-,23-/m0/s1. The summed E-state index contributed by atoms with van der Waals surface area (Å²) in [4.78, 5) is 24.9. The van der Waals surface area contributed by atoms with Crippen LogP contribution < -0.4 is 0 Å². The van der Waals surface area contributed by atoms with Crippen LogP contribution >= 0.6 is 0 Å². The molecular weight excluding hydrogens is 324 g/mol. The predicted molar refractivity (Wildman–Crippen MR) is 102 cm³/mol. The maximum atomic E-state index is 12.9. The van der Waals surface area contributed by atoms with Gasteiger partial charge in [0.2, 0.25) is 0 Å². The van der Waals surface area contributed by atoms with Gasteiger partial charge < -0.3 is 4.74 Å². The first-order valence-electron chi connectivity index (χ1n) is 10.9. The highest BCUT2D eigenvalue weighted by Crippen LogP contribution is 2.65. The first-order valence-corrected chi connectivity index (χ1v) is 10.9. The molecule has 0 radical (unpaired) electrons. The second kappa shape index (κ2) is 6.43. The monoisotopic (exact) mass is 360 g/mol. The van der Waals surface area contributed by atoms with E-state index in [1.165, 1.54) is 19.3 Å². The van der Waals surface area contributed by atoms with E-state index < -0.39 is 0 Å². The van der Waals surface area contributed by atoms with Gasteiger partial charge in [0.25, 0.3) is 0 Å². The van der Waals surface area contributed by atoms with Gasteiger partial charge in [-0.1, -0.05) is 27.7 Å². The van der Waals surface area contributed by atoms with E-state index >= 15 is 0 Å². The lowest BCUT2D eigenvalue weighted by Gasteiger charge is -2.59. The smallest absolute Gasteiger partial charge is 0.162 e. The van der Waals surface area contributed by atoms with Gasteiger partial charge in [0.05, 0.1) is 0 Å². The van der Waals surface area contributed by atoms with Gasteiger partial charge in [0.15, 0.2) is 5.78 Å². The zero-order valence-corrected chi connectivity index (χ0v) is 17.1. The lowest BCUT2D eigenvalue weighted by molar-refractivity contribution is -0.149. The molecule has 0 aliphatic heterocycles. The zero-order valence-electron chi connectivity index (χ0n) is 17.1. The van der Waals surface area contributed by atoms with E-state index in [2.05, 4.69) is 27.7 Å². The summed E-state index contributed by atoms with van der Waals surface area (Å²) in [5, 5.41) is 0. The normalized spacial score (nSPS) is 48.3. The van der Waals surface area contributed by atoms with Crippen LogP contribution in [0.2, 0.25) is 0 Å². The fourth-order valence-electron chi connectivity index (χ4n) is 7.37. The van der Waals surface area contributed by atoms with Gasteiger partial charge in [0, 0.05) is 31.3 Å². The summed E-state index contributed by atoms with van der Waals surface area (Å²) in [5.74, 6) is 3.72. The van der Waals surface area contributed by atoms with E-state index in [1.54, 1.807) is 0 Å². The summed E-state index contributed by atoms with van der Waals surface area (Å²) in [5.41, 5.74) is 0.346. The van der Waals surface area contributed by atoms with Crippen molar-refractivity contribution in [3.8, 4) is 0 Å². The molecule has 0 spiro atoms. The summed E-state index contributed by atoms with van der Waals surface area (Å²) < 4.78 is 6.18. The molecule has 0 aromatic carbocycles. The molecule has 3 heteroatoms. The van der Waals surface area contributed by atoms with E-state index in [-0.39, 0.29) is 11.5 Å². The van der Waals surface area contributed by atoms with Crippen LogP contribution in [0, 0.1) is 40.4 Å². The molecule has 4 rings (SSSR count). The minimum Gasteiger partial charge on any atom is -0.370 e. The Balaban J connectivity index is 1.57. The van der Waals surface area contributed by atoms with E-state index in [1.807, 2.05) is 0 Å². The highest BCUT2D eigenvalue weighted by molar-refractivity contribution is 5.87. The number of carbonyl (C=O) groups excluding carboxylic acids is 2. The second-order valence-corrected chi connectivity index (χ2v) is 10.7. The summed E-state index contributed by atoms with van der Waals surface area (Å²) in [6.07, 6.45) is 7.91. The van der Waals surface area contributed by atoms with Crippen molar-refractivity contribution < 1.29 is 14.3 Å². The predicted octanol–water partition coefficient (Wildman–Crippen LogP) is 4.82. The van der Waals surface area contributed by atoms with Crippen LogP contribution in [0.25, 0.3) is 0 Å². The largest absolute Gasteiger partial charge is 0.370 e. The first kappa shape index (κ1) is 18.7. The van der Waals surface area contributed by atoms with Gasteiger partial charge in [-0.3, -0.25) is 9.59 Å². The Bertz CT molecular complexity index is 596. The van der Waals surface area contributed by atoms with Crippen molar-refractivity contribution >= 4 is 11.6 Å². The van der Waals surface area contributed by atoms with E-state index in [4.69, 9.17) is 4.74 Å².